The fourth-order valence-corrected chi connectivity index (χ4v) is 10.8. The summed E-state index contributed by atoms with van der Waals surface area (Å²) in [5, 5.41) is 32.9. The van der Waals surface area contributed by atoms with Gasteiger partial charge in [0.15, 0.2) is 5.82 Å². The first kappa shape index (κ1) is 56.1. The van der Waals surface area contributed by atoms with E-state index >= 15 is 0 Å². The van der Waals surface area contributed by atoms with E-state index in [-0.39, 0.29) is 78.0 Å². The van der Waals surface area contributed by atoms with Crippen molar-refractivity contribution in [3.63, 3.8) is 0 Å². The van der Waals surface area contributed by atoms with Crippen LogP contribution in [0.25, 0.3) is 15.4 Å². The van der Waals surface area contributed by atoms with Gasteiger partial charge in [-0.1, -0.05) is 56.6 Å². The van der Waals surface area contributed by atoms with Crippen molar-refractivity contribution in [1.29, 1.82) is 0 Å². The number of thiophene rings is 1. The van der Waals surface area contributed by atoms with Crippen LogP contribution in [0.3, 0.4) is 0 Å². The van der Waals surface area contributed by atoms with Crippen molar-refractivity contribution in [3.05, 3.63) is 97.5 Å². The number of aliphatic hydroxyl groups excluding tert-OH is 1. The third-order valence-corrected chi connectivity index (χ3v) is 15.1. The van der Waals surface area contributed by atoms with Gasteiger partial charge in [-0.15, -0.1) is 32.9 Å². The molecule has 2 aliphatic rings. The van der Waals surface area contributed by atoms with E-state index in [0.29, 0.717) is 35.6 Å². The second-order valence-electron chi connectivity index (χ2n) is 19.3. The second kappa shape index (κ2) is 25.7. The first-order valence-electron chi connectivity index (χ1n) is 24.7. The molecule has 0 radical (unpaired) electrons. The highest BCUT2D eigenvalue weighted by Crippen LogP contribution is 2.40. The number of carbonyl (C=O) groups excluding carboxylic acids is 4. The average Bonchev–Trinajstić information content (AvgIpc) is 4.13. The lowest BCUT2D eigenvalue weighted by molar-refractivity contribution is -0.144. The van der Waals surface area contributed by atoms with Crippen LogP contribution in [0.4, 0.5) is 0 Å². The van der Waals surface area contributed by atoms with Gasteiger partial charge in [0.2, 0.25) is 23.6 Å². The maximum Gasteiger partial charge on any atom is 0.246 e. The Morgan fingerprint density at radius 1 is 0.892 bits per heavy atom. The van der Waals surface area contributed by atoms with Crippen molar-refractivity contribution in [2.75, 3.05) is 72.9 Å². The Balaban J connectivity index is 0.815. The number of nitrogens with one attached hydrogen (secondary N) is 4. The monoisotopic (exact) mass is 1070 g/mol. The Bertz CT molecular complexity index is 2790. The highest BCUT2D eigenvalue weighted by atomic mass is 35.5. The lowest BCUT2D eigenvalue weighted by Crippen LogP contribution is -2.58. The molecular formula is C52H67ClN10O9S2. The number of halogens is 1. The maximum absolute atomic E-state index is 14.1. The summed E-state index contributed by atoms with van der Waals surface area (Å²) in [7, 11) is 1.84. The molecule has 4 amide bonds. The number of likely N-dealkylation sites (tertiary alicyclic amines) is 1. The predicted octanol–water partition coefficient (Wildman–Crippen LogP) is 5.19. The number of β-amino-alcohol motifs (C(OH)–C–C–N with tert-alkyl or cyclic N) is 1. The minimum atomic E-state index is -1.01. The number of aliphatic hydroxyl groups is 1. The minimum Gasteiger partial charge on any atom is -0.492 e. The molecule has 0 unspecified atom stereocenters. The number of likely N-dealkylation sites (N-methyl/N-ethyl adjacent to an activating group) is 1. The Morgan fingerprint density at radius 2 is 1.61 bits per heavy atom. The molecule has 1 saturated heterocycles. The molecule has 22 heteroatoms. The number of aliphatic imine (C=N–C) groups is 1. The van der Waals surface area contributed by atoms with E-state index in [1.54, 1.807) is 16.8 Å². The first-order valence-corrected chi connectivity index (χ1v) is 26.7. The molecule has 0 bridgehead atoms. The predicted molar refractivity (Wildman–Crippen MR) is 284 cm³/mol. The number of aromatic nitrogens is 4. The zero-order chi connectivity index (χ0) is 53.1. The third-order valence-electron chi connectivity index (χ3n) is 12.7. The summed E-state index contributed by atoms with van der Waals surface area (Å²) in [5.74, 6) is 0.298. The summed E-state index contributed by atoms with van der Waals surface area (Å²) in [6, 6.07) is 10.8. The van der Waals surface area contributed by atoms with Gasteiger partial charge >= 0.3 is 0 Å². The number of aryl methyl sites for hydroxylation is 3. The van der Waals surface area contributed by atoms with E-state index in [9.17, 15) is 24.3 Å². The summed E-state index contributed by atoms with van der Waals surface area (Å²) in [5.41, 5.74) is 7.44. The summed E-state index contributed by atoms with van der Waals surface area (Å²) < 4.78 is 25.0. The Kier molecular flexibility index (Phi) is 19.5. The van der Waals surface area contributed by atoms with E-state index in [2.05, 4.69) is 50.3 Å². The van der Waals surface area contributed by atoms with Gasteiger partial charge in [-0.2, -0.15) is 0 Å². The lowest BCUT2D eigenvalue weighted by atomic mass is 9.85. The SMILES string of the molecule is CNCCOc1cc(-c2scnc2C)ccc1CNC(=O)[C@@H]1C[C@@H](O)CN1C(=O)[C@@H](NC(=O)COCCOCCOCCNC(=O)C[C@@H]1N=C(c2ccc(Cl)cc2)c2c(sc(C)c2C)-n2c(C)nnc21)C(C)(C)C. The molecule has 2 aliphatic heterocycles. The van der Waals surface area contributed by atoms with Crippen LogP contribution in [0, 0.1) is 33.1 Å². The van der Waals surface area contributed by atoms with Gasteiger partial charge in [-0.3, -0.25) is 28.7 Å². The van der Waals surface area contributed by atoms with Crippen LogP contribution in [-0.4, -0.2) is 150 Å². The Hall–Kier alpha value is -5.65. The van der Waals surface area contributed by atoms with Crippen molar-refractivity contribution in [3.8, 4) is 21.2 Å². The van der Waals surface area contributed by atoms with Crippen LogP contribution < -0.4 is 26.0 Å². The topological polar surface area (TPSA) is 233 Å². The van der Waals surface area contributed by atoms with Crippen LogP contribution in [0.1, 0.15) is 84.1 Å². The minimum absolute atomic E-state index is 0.0508. The molecule has 0 saturated carbocycles. The average molecular weight is 1080 g/mol. The fraction of sp³-hybridized carbons (Fsp3) is 0.500. The van der Waals surface area contributed by atoms with Gasteiger partial charge < -0.3 is 50.2 Å². The summed E-state index contributed by atoms with van der Waals surface area (Å²) in [6.45, 7) is 15.6. The van der Waals surface area contributed by atoms with Gasteiger partial charge in [-0.25, -0.2) is 4.98 Å². The lowest BCUT2D eigenvalue weighted by Gasteiger charge is -2.35. The van der Waals surface area contributed by atoms with Crippen LogP contribution in [-0.2, 0) is 39.9 Å². The van der Waals surface area contributed by atoms with Crippen LogP contribution >= 0.6 is 34.3 Å². The molecule has 4 atom stereocenters. The molecule has 19 nitrogen and oxygen atoms in total. The summed E-state index contributed by atoms with van der Waals surface area (Å²) in [6.07, 6.45) is -0.814. The molecule has 0 spiro atoms. The van der Waals surface area contributed by atoms with Crippen LogP contribution in [0.5, 0.6) is 5.75 Å². The molecule has 5 aromatic rings. The van der Waals surface area contributed by atoms with Gasteiger partial charge in [0, 0.05) is 59.2 Å². The van der Waals surface area contributed by atoms with Crippen molar-refractivity contribution in [2.45, 2.75) is 92.1 Å². The standard InChI is InChI=1S/C52H67ClN10O9S2/c1-30-32(3)74-51-44(30)45(34-11-13-37(53)14-12-34)58-39(48-61-60-33(4)63(48)51)25-42(65)55-16-17-69-19-20-70-21-22-71-28-43(66)59-47(52(5,6)7)50(68)62-27-38(64)24-40(62)49(67)56-26-36-10-9-35(46-31(2)57-29-73-46)23-41(36)72-18-15-54-8/h9-14,23,29,38-40,47,54,64H,15-22,24-28H2,1-8H3,(H,55,65)(H,56,67)(H,59,66)/t38-,39+,40+,47-/m1/s1. The molecule has 5 heterocycles. The van der Waals surface area contributed by atoms with Crippen LogP contribution in [0.15, 0.2) is 53.0 Å². The summed E-state index contributed by atoms with van der Waals surface area (Å²) >= 11 is 9.42. The number of carbonyl (C=O) groups is 4. The number of nitrogens with zero attached hydrogens (tertiary/aromatic N) is 6. The number of amides is 4. The van der Waals surface area contributed by atoms with Gasteiger partial charge in [-0.05, 0) is 69.5 Å². The molecule has 0 aliphatic carbocycles. The molecule has 2 aromatic carbocycles. The highest BCUT2D eigenvalue weighted by Gasteiger charge is 2.44. The van der Waals surface area contributed by atoms with Gasteiger partial charge in [0.25, 0.3) is 0 Å². The second-order valence-corrected chi connectivity index (χ2v) is 21.8. The number of fused-ring (bicyclic) bond motifs is 3. The normalized spacial score (nSPS) is 16.8. The van der Waals surface area contributed by atoms with E-state index in [1.165, 1.54) is 16.2 Å². The van der Waals surface area contributed by atoms with Gasteiger partial charge in [0.1, 0.15) is 47.9 Å². The van der Waals surface area contributed by atoms with E-state index in [0.717, 1.165) is 54.0 Å². The van der Waals surface area contributed by atoms with E-state index < -0.39 is 47.4 Å². The number of benzene rings is 2. The summed E-state index contributed by atoms with van der Waals surface area (Å²) in [4.78, 5) is 67.4. The quantitative estimate of drug-likeness (QED) is 0.0502. The van der Waals surface area contributed by atoms with Crippen molar-refractivity contribution >= 4 is 63.6 Å². The fourth-order valence-electron chi connectivity index (χ4n) is 8.69. The molecular weight excluding hydrogens is 1010 g/mol. The molecule has 398 valence electrons. The van der Waals surface area contributed by atoms with Gasteiger partial charge in [0.05, 0.1) is 67.4 Å². The van der Waals surface area contributed by atoms with E-state index in [1.807, 2.05) is 88.7 Å². The zero-order valence-electron chi connectivity index (χ0n) is 43.2. The molecule has 3 aromatic heterocycles. The number of hydrogen-bond acceptors (Lipinski definition) is 16. The van der Waals surface area contributed by atoms with Crippen LogP contribution in [0.2, 0.25) is 5.02 Å². The Labute approximate surface area is 444 Å². The molecule has 74 heavy (non-hydrogen) atoms. The number of hydrogen-bond donors (Lipinski definition) is 5. The number of ether oxygens (including phenoxy) is 4. The van der Waals surface area contributed by atoms with E-state index in [4.69, 9.17) is 35.5 Å². The molecule has 5 N–H and O–H groups in total. The maximum atomic E-state index is 14.1. The molecule has 1 fully saturated rings. The first-order chi connectivity index (χ1) is 35.4. The van der Waals surface area contributed by atoms with Crippen molar-refractivity contribution in [1.82, 2.24) is 45.9 Å². The van der Waals surface area contributed by atoms with Crippen molar-refractivity contribution < 1.29 is 43.2 Å². The molecule has 7 rings (SSSR count). The number of rotatable bonds is 24. The highest BCUT2D eigenvalue weighted by molar-refractivity contribution is 7.15. The number of thiazole rings is 1. The van der Waals surface area contributed by atoms with Crippen molar-refractivity contribution in [2.24, 2.45) is 10.4 Å². The Morgan fingerprint density at radius 3 is 2.31 bits per heavy atom. The smallest absolute Gasteiger partial charge is 0.246 e. The zero-order valence-corrected chi connectivity index (χ0v) is 45.6. The largest absolute Gasteiger partial charge is 0.492 e. The third kappa shape index (κ3) is 14.0.